The summed E-state index contributed by atoms with van der Waals surface area (Å²) < 4.78 is 399. The van der Waals surface area contributed by atoms with Gasteiger partial charge < -0.3 is 12.9 Å². The molecule has 0 aliphatic heterocycles. The quantitative estimate of drug-likeness (QED) is 0.0563. The second kappa shape index (κ2) is 24.7. The Labute approximate surface area is 541 Å². The van der Waals surface area contributed by atoms with E-state index in [0.29, 0.717) is 32.3 Å². The minimum atomic E-state index is -8.29. The van der Waals surface area contributed by atoms with Crippen LogP contribution in [0.25, 0.3) is 76.2 Å². The van der Waals surface area contributed by atoms with Gasteiger partial charge in [0.1, 0.15) is 16.9 Å². The molecule has 11 rings (SSSR count). The molecule has 0 bridgehead atoms. The summed E-state index contributed by atoms with van der Waals surface area (Å²) in [7, 11) is -5.90. The number of alkyl halides is 26. The van der Waals surface area contributed by atoms with Crippen LogP contribution < -0.4 is 20.4 Å². The zero-order chi connectivity index (χ0) is 72.3. The summed E-state index contributed by atoms with van der Waals surface area (Å²) in [6, 6.07) is 46.6. The van der Waals surface area contributed by atoms with Gasteiger partial charge in [0.15, 0.2) is 0 Å². The molecule has 1 aromatic heterocycles. The van der Waals surface area contributed by atoms with Gasteiger partial charge in [-0.15, -0.1) is 0 Å². The second-order valence-corrected chi connectivity index (χ2v) is 25.9. The van der Waals surface area contributed by atoms with Crippen LogP contribution >= 0.6 is 16.2 Å². The number of hydrogen-bond donors (Lipinski definition) is 0. The molecule has 0 saturated carbocycles. The van der Waals surface area contributed by atoms with Gasteiger partial charge in [-0.05, 0) is 109 Å². The summed E-state index contributed by atoms with van der Waals surface area (Å²) in [4.78, 5) is 0. The van der Waals surface area contributed by atoms with Crippen molar-refractivity contribution in [1.29, 1.82) is 0 Å². The van der Waals surface area contributed by atoms with Crippen LogP contribution in [-0.2, 0) is 12.8 Å². The van der Waals surface area contributed by atoms with Crippen LogP contribution in [0.2, 0.25) is 0 Å². The Morgan fingerprint density at radius 1 is 0.293 bits per heavy atom. The van der Waals surface area contributed by atoms with E-state index in [1.807, 2.05) is 24.3 Å². The average Bonchev–Trinajstić information content (AvgIpc) is 1.23. The molecule has 99 heavy (non-hydrogen) atoms. The molecular formula is C68H40F26O3P2. The van der Waals surface area contributed by atoms with Gasteiger partial charge >= 0.3 is 79.8 Å². The number of aryl methyl sites for hydroxylation is 2. The molecule has 0 aliphatic rings. The molecule has 0 N–H and O–H groups in total. The monoisotopic (exact) mass is 1460 g/mol. The largest absolute Gasteiger partial charge is 0.460 e. The normalized spacial score (nSPS) is 14.0. The lowest BCUT2D eigenvalue weighted by atomic mass is 9.91. The maximum absolute atomic E-state index is 16.0. The van der Waals surface area contributed by atoms with Crippen LogP contribution in [0.5, 0.6) is 5.75 Å². The van der Waals surface area contributed by atoms with Crippen LogP contribution in [0.3, 0.4) is 0 Å². The van der Waals surface area contributed by atoms with Gasteiger partial charge in [0.05, 0.1) is 0 Å². The average molecular weight is 1460 g/mol. The van der Waals surface area contributed by atoms with E-state index in [-0.39, 0.29) is 44.1 Å². The molecule has 0 atom stereocenters. The Morgan fingerprint density at radius 2 is 0.606 bits per heavy atom. The minimum Gasteiger partial charge on any atom is -0.390 e. The number of rotatable bonds is 20. The number of benzene rings is 10. The smallest absolute Gasteiger partial charge is 0.390 e. The Hall–Kier alpha value is -8.45. The van der Waals surface area contributed by atoms with Crippen molar-refractivity contribution in [2.45, 2.75) is 97.3 Å². The predicted molar refractivity (Wildman–Crippen MR) is 321 cm³/mol. The molecule has 0 unspecified atom stereocenters. The predicted octanol–water partition coefficient (Wildman–Crippen LogP) is 23.5. The molecular weight excluding hydrogens is 1420 g/mol. The number of fused-ring (bicyclic) bond motifs is 9. The van der Waals surface area contributed by atoms with E-state index in [2.05, 4.69) is 0 Å². The van der Waals surface area contributed by atoms with Crippen molar-refractivity contribution in [2.75, 3.05) is 0 Å². The van der Waals surface area contributed by atoms with E-state index in [0.717, 1.165) is 59.3 Å². The molecule has 31 heteroatoms. The highest BCUT2D eigenvalue weighted by molar-refractivity contribution is 7.80. The fourth-order valence-electron chi connectivity index (χ4n) is 11.5. The van der Waals surface area contributed by atoms with Crippen molar-refractivity contribution in [3.8, 4) is 16.9 Å². The van der Waals surface area contributed by atoms with Gasteiger partial charge in [-0.1, -0.05) is 176 Å². The van der Waals surface area contributed by atoms with Crippen molar-refractivity contribution in [3.05, 3.63) is 205 Å². The summed E-state index contributed by atoms with van der Waals surface area (Å²) in [6.07, 6.45) is -24.8. The van der Waals surface area contributed by atoms with Gasteiger partial charge in [0.25, 0.3) is 0 Å². The topological polar surface area (TPSA) is 35.5 Å². The fraction of sp³-hybridized carbons (Fsp3) is 0.235. The van der Waals surface area contributed by atoms with Gasteiger partial charge in [-0.3, -0.25) is 0 Å². The highest BCUT2D eigenvalue weighted by atomic mass is 31.1. The third-order valence-corrected chi connectivity index (χ3v) is 20.4. The Balaban J connectivity index is 1.14. The lowest BCUT2D eigenvalue weighted by molar-refractivity contribution is -0.440. The van der Waals surface area contributed by atoms with E-state index in [9.17, 15) is 61.5 Å². The summed E-state index contributed by atoms with van der Waals surface area (Å²) in [5, 5.41) is 3.85. The molecule has 3 nitrogen and oxygen atoms in total. The van der Waals surface area contributed by atoms with Gasteiger partial charge in [0.2, 0.25) is 0 Å². The Kier molecular flexibility index (Phi) is 17.9. The van der Waals surface area contributed by atoms with E-state index in [4.69, 9.17) is 12.9 Å². The fourth-order valence-corrected chi connectivity index (χ4v) is 15.5. The molecule has 0 aliphatic carbocycles. The first kappa shape index (κ1) is 71.8. The molecule has 11 aromatic rings. The molecule has 522 valence electrons. The van der Waals surface area contributed by atoms with Crippen LogP contribution in [0, 0.1) is 0 Å². The molecule has 0 saturated heterocycles. The van der Waals surface area contributed by atoms with Crippen molar-refractivity contribution < 1.29 is 127 Å². The van der Waals surface area contributed by atoms with Crippen molar-refractivity contribution in [2.24, 2.45) is 0 Å². The molecule has 1 heterocycles. The van der Waals surface area contributed by atoms with Gasteiger partial charge in [-0.25, -0.2) is 0 Å². The minimum absolute atomic E-state index is 0.00812. The van der Waals surface area contributed by atoms with Gasteiger partial charge in [0, 0.05) is 34.7 Å². The van der Waals surface area contributed by atoms with Crippen LogP contribution in [0.4, 0.5) is 114 Å². The molecule has 0 amide bonds. The van der Waals surface area contributed by atoms with Crippen molar-refractivity contribution in [3.63, 3.8) is 0 Å². The summed E-state index contributed by atoms with van der Waals surface area (Å²) >= 11 is 0. The highest BCUT2D eigenvalue weighted by Gasteiger charge is 2.92. The number of halogens is 26. The van der Waals surface area contributed by atoms with E-state index in [1.165, 1.54) is 54.6 Å². The summed E-state index contributed by atoms with van der Waals surface area (Å²) in [5.74, 6) is -78.4. The second-order valence-electron chi connectivity index (χ2n) is 22.8. The van der Waals surface area contributed by atoms with Crippen LogP contribution in [0.1, 0.15) is 24.0 Å². The first-order valence-electron chi connectivity index (χ1n) is 28.8. The van der Waals surface area contributed by atoms with E-state index in [1.54, 1.807) is 66.7 Å². The Bertz CT molecular complexity index is 4730. The van der Waals surface area contributed by atoms with Crippen LogP contribution in [-0.4, -0.2) is 71.6 Å². The van der Waals surface area contributed by atoms with Crippen molar-refractivity contribution in [1.82, 2.24) is 0 Å². The summed E-state index contributed by atoms with van der Waals surface area (Å²) in [5.41, 5.74) is -1.15. The van der Waals surface area contributed by atoms with E-state index < -0.39 is 135 Å². The molecule has 0 radical (unpaired) electrons. The number of hydrogen-bond acceptors (Lipinski definition) is 3. The zero-order valence-electron chi connectivity index (χ0n) is 49.2. The third kappa shape index (κ3) is 11.6. The summed E-state index contributed by atoms with van der Waals surface area (Å²) in [6.45, 7) is 0. The van der Waals surface area contributed by atoms with E-state index >= 15 is 52.7 Å². The highest BCUT2D eigenvalue weighted by Crippen LogP contribution is 2.63. The van der Waals surface area contributed by atoms with Crippen molar-refractivity contribution >= 4 is 97.1 Å². The SMILES string of the molecule is FC(F)(F)C(F)(F)C(F)(F)C(F)(F)C(F)(F)C(F)(F)CCc1ccccc1P(c1ccccc1CCC(F)(F)C(F)(F)C(F)(F)C(F)(F)C(F)(F)C(F)(F)F)c1ccc2ccccc2c1-c1c(Op2oc3ccc4ccccc4c3c3c(ccc4ccccc43)o2)ccc2ccccc12. The first-order chi connectivity index (χ1) is 46.0. The maximum atomic E-state index is 16.0. The molecule has 0 spiro atoms. The lowest BCUT2D eigenvalue weighted by Gasteiger charge is -2.40. The molecule has 0 fully saturated rings. The standard InChI is InChI=1S/C68H40F26O3P2/c69-57(70,59(73,74)61(77,78)63(81,82)65(85,86)67(89,90)91)35-33-41-17-5-11-23-50(41)98(51-24-12-6-18-42(51)34-36-58(71,72)60(75,76)62(79,80)64(83,84)66(87,88)68(92,93)94)52-32-28-40-16-4-10-22-46(40)56(52)55-45-21-9-3-15-39(45)27-31-49(55)97-99-95-47-29-25-37-13-1-7-19-43(37)53(47)54-44-20-8-2-14-38(44)26-30-48(54)96-99/h1-32H,33-36H2. The third-order valence-electron chi connectivity index (χ3n) is 16.7. The zero-order valence-corrected chi connectivity index (χ0v) is 51.0. The van der Waals surface area contributed by atoms with Gasteiger partial charge in [-0.2, -0.15) is 114 Å². The Morgan fingerprint density at radius 3 is 1.00 bits per heavy atom. The first-order valence-corrected chi connectivity index (χ1v) is 31.2. The van der Waals surface area contributed by atoms with Crippen LogP contribution in [0.15, 0.2) is 203 Å². The molecule has 10 aromatic carbocycles. The lowest BCUT2D eigenvalue weighted by Crippen LogP contribution is -2.70. The maximum Gasteiger partial charge on any atom is 0.460 e.